The van der Waals surface area contributed by atoms with Gasteiger partial charge in [-0.25, -0.2) is 0 Å². The van der Waals surface area contributed by atoms with Crippen LogP contribution < -0.4 is 10.1 Å². The van der Waals surface area contributed by atoms with Crippen LogP contribution in [0.4, 0.5) is 0 Å². The summed E-state index contributed by atoms with van der Waals surface area (Å²) in [6, 6.07) is 15.2. The molecule has 1 aliphatic rings. The van der Waals surface area contributed by atoms with E-state index in [1.807, 2.05) is 13.1 Å². The molecule has 1 heterocycles. The van der Waals surface area contributed by atoms with Gasteiger partial charge in [-0.05, 0) is 49.6 Å². The van der Waals surface area contributed by atoms with Crippen molar-refractivity contribution in [3.63, 3.8) is 0 Å². The minimum absolute atomic E-state index is 0.450. The van der Waals surface area contributed by atoms with E-state index in [0.29, 0.717) is 6.04 Å². The smallest absolute Gasteiger partial charge is 0.133 e. The van der Waals surface area contributed by atoms with Crippen LogP contribution in [0.3, 0.4) is 0 Å². The molecular formula is C17H19NO. The molecule has 1 N–H and O–H groups in total. The summed E-state index contributed by atoms with van der Waals surface area (Å²) in [7, 11) is 2.03. The lowest BCUT2D eigenvalue weighted by molar-refractivity contribution is 0.438. The molecule has 0 saturated heterocycles. The molecule has 2 nitrogen and oxygen atoms in total. The van der Waals surface area contributed by atoms with Gasteiger partial charge in [-0.1, -0.05) is 36.4 Å². The van der Waals surface area contributed by atoms with Crippen LogP contribution >= 0.6 is 0 Å². The van der Waals surface area contributed by atoms with Crippen molar-refractivity contribution in [1.82, 2.24) is 5.32 Å². The highest BCUT2D eigenvalue weighted by molar-refractivity contribution is 5.47. The Balaban J connectivity index is 2.12. The highest BCUT2D eigenvalue weighted by atomic mass is 16.5. The van der Waals surface area contributed by atoms with Crippen LogP contribution in [0.15, 0.2) is 42.5 Å². The Labute approximate surface area is 114 Å². The number of fused-ring (bicyclic) bond motifs is 2. The Morgan fingerprint density at radius 3 is 2.58 bits per heavy atom. The number of benzene rings is 2. The first-order valence-corrected chi connectivity index (χ1v) is 6.79. The third-order valence-electron chi connectivity index (χ3n) is 3.82. The van der Waals surface area contributed by atoms with Crippen LogP contribution in [0, 0.1) is 6.92 Å². The zero-order valence-electron chi connectivity index (χ0n) is 11.4. The van der Waals surface area contributed by atoms with Crippen molar-refractivity contribution in [2.75, 3.05) is 7.05 Å². The van der Waals surface area contributed by atoms with E-state index in [1.54, 1.807) is 0 Å². The van der Waals surface area contributed by atoms with Crippen LogP contribution in [-0.2, 0) is 12.8 Å². The first-order valence-electron chi connectivity index (χ1n) is 6.79. The number of likely N-dealkylation sites (N-methyl/N-ethyl adjacent to an activating group) is 1. The lowest BCUT2D eigenvalue weighted by Crippen LogP contribution is -2.31. The molecule has 0 aromatic heterocycles. The predicted molar refractivity (Wildman–Crippen MR) is 78.0 cm³/mol. The first-order chi connectivity index (χ1) is 9.28. The number of aryl methyl sites for hydroxylation is 1. The van der Waals surface area contributed by atoms with E-state index in [-0.39, 0.29) is 0 Å². The van der Waals surface area contributed by atoms with Gasteiger partial charge in [-0.2, -0.15) is 0 Å². The summed E-state index contributed by atoms with van der Waals surface area (Å²) >= 11 is 0. The number of hydrogen-bond acceptors (Lipinski definition) is 2. The maximum absolute atomic E-state index is 6.18. The van der Waals surface area contributed by atoms with Gasteiger partial charge in [0.25, 0.3) is 0 Å². The van der Waals surface area contributed by atoms with E-state index >= 15 is 0 Å². The second-order valence-corrected chi connectivity index (χ2v) is 5.17. The second-order valence-electron chi connectivity index (χ2n) is 5.17. The zero-order valence-corrected chi connectivity index (χ0v) is 11.4. The summed E-state index contributed by atoms with van der Waals surface area (Å²) in [6.07, 6.45) is 2.00. The molecule has 98 valence electrons. The molecule has 2 heteroatoms. The highest BCUT2D eigenvalue weighted by Gasteiger charge is 2.19. The van der Waals surface area contributed by atoms with E-state index in [2.05, 4.69) is 48.6 Å². The van der Waals surface area contributed by atoms with Crippen LogP contribution in [0.2, 0.25) is 0 Å². The minimum Gasteiger partial charge on any atom is -0.457 e. The van der Waals surface area contributed by atoms with Crippen LogP contribution in [0.1, 0.15) is 16.7 Å². The fourth-order valence-corrected chi connectivity index (χ4v) is 2.71. The number of nitrogens with one attached hydrogen (secondary N) is 1. The summed E-state index contributed by atoms with van der Waals surface area (Å²) in [6.45, 7) is 2.11. The number of rotatable bonds is 1. The van der Waals surface area contributed by atoms with Gasteiger partial charge in [0.1, 0.15) is 11.5 Å². The van der Waals surface area contributed by atoms with Gasteiger partial charge in [0.15, 0.2) is 0 Å². The molecule has 2 aromatic rings. The van der Waals surface area contributed by atoms with E-state index in [0.717, 1.165) is 24.3 Å². The van der Waals surface area contributed by atoms with E-state index < -0.39 is 0 Å². The van der Waals surface area contributed by atoms with Crippen molar-refractivity contribution in [1.29, 1.82) is 0 Å². The van der Waals surface area contributed by atoms with Gasteiger partial charge < -0.3 is 10.1 Å². The third kappa shape index (κ3) is 2.36. The maximum atomic E-state index is 6.18. The van der Waals surface area contributed by atoms with E-state index in [1.165, 1.54) is 16.7 Å². The van der Waals surface area contributed by atoms with Crippen LogP contribution in [0.25, 0.3) is 0 Å². The number of ether oxygens (including phenoxy) is 1. The zero-order chi connectivity index (χ0) is 13.2. The average Bonchev–Trinajstić information content (AvgIpc) is 2.40. The summed E-state index contributed by atoms with van der Waals surface area (Å²) < 4.78 is 6.18. The quantitative estimate of drug-likeness (QED) is 0.840. The summed E-state index contributed by atoms with van der Waals surface area (Å²) in [5.41, 5.74) is 3.76. The lowest BCUT2D eigenvalue weighted by atomic mass is 9.95. The van der Waals surface area contributed by atoms with E-state index in [4.69, 9.17) is 4.74 Å². The van der Waals surface area contributed by atoms with Gasteiger partial charge >= 0.3 is 0 Å². The molecule has 1 unspecified atom stereocenters. The molecule has 1 atom stereocenters. The predicted octanol–water partition coefficient (Wildman–Crippen LogP) is 3.47. The summed E-state index contributed by atoms with van der Waals surface area (Å²) in [4.78, 5) is 0. The molecular weight excluding hydrogens is 234 g/mol. The van der Waals surface area contributed by atoms with E-state index in [9.17, 15) is 0 Å². The van der Waals surface area contributed by atoms with Gasteiger partial charge in [-0.3, -0.25) is 0 Å². The summed E-state index contributed by atoms with van der Waals surface area (Å²) in [5.74, 6) is 2.01. The van der Waals surface area contributed by atoms with Crippen molar-refractivity contribution in [3.05, 3.63) is 59.2 Å². The molecule has 0 radical (unpaired) electrons. The second kappa shape index (κ2) is 5.06. The number of para-hydroxylation sites is 2. The molecule has 19 heavy (non-hydrogen) atoms. The molecule has 0 spiro atoms. The van der Waals surface area contributed by atoms with Crippen molar-refractivity contribution in [2.45, 2.75) is 25.8 Å². The van der Waals surface area contributed by atoms with Gasteiger partial charge in [0.05, 0.1) is 0 Å². The standard InChI is InChI=1S/C17H19NO/c1-12-6-5-8-14-11-15(18-2)10-13-7-3-4-9-16(13)19-17(12)14/h3-9,15,18H,10-11H2,1-2H3. The Morgan fingerprint density at radius 1 is 1.00 bits per heavy atom. The lowest BCUT2D eigenvalue weighted by Gasteiger charge is -2.24. The topological polar surface area (TPSA) is 21.3 Å². The fraction of sp³-hybridized carbons (Fsp3) is 0.294. The fourth-order valence-electron chi connectivity index (χ4n) is 2.71. The largest absolute Gasteiger partial charge is 0.457 e. The van der Waals surface area contributed by atoms with Crippen molar-refractivity contribution >= 4 is 0 Å². The van der Waals surface area contributed by atoms with Gasteiger partial charge in [0.2, 0.25) is 0 Å². The van der Waals surface area contributed by atoms with Crippen molar-refractivity contribution in [2.24, 2.45) is 0 Å². The molecule has 3 rings (SSSR count). The number of hydrogen-bond donors (Lipinski definition) is 1. The van der Waals surface area contributed by atoms with Gasteiger partial charge in [0, 0.05) is 6.04 Å². The Bertz CT molecular complexity index is 592. The van der Waals surface area contributed by atoms with Crippen LogP contribution in [0.5, 0.6) is 11.5 Å². The summed E-state index contributed by atoms with van der Waals surface area (Å²) in [5, 5.41) is 3.42. The van der Waals surface area contributed by atoms with Gasteiger partial charge in [-0.15, -0.1) is 0 Å². The molecule has 0 bridgehead atoms. The monoisotopic (exact) mass is 253 g/mol. The van der Waals surface area contributed by atoms with Crippen molar-refractivity contribution in [3.8, 4) is 11.5 Å². The highest BCUT2D eigenvalue weighted by Crippen LogP contribution is 2.34. The molecule has 0 fully saturated rings. The molecule has 0 aliphatic carbocycles. The SMILES string of the molecule is CNC1Cc2ccccc2Oc2c(C)cccc2C1. The van der Waals surface area contributed by atoms with Crippen molar-refractivity contribution < 1.29 is 4.74 Å². The maximum Gasteiger partial charge on any atom is 0.133 e. The molecule has 2 aromatic carbocycles. The minimum atomic E-state index is 0.450. The first kappa shape index (κ1) is 12.2. The third-order valence-corrected chi connectivity index (χ3v) is 3.82. The molecule has 1 aliphatic heterocycles. The molecule has 0 amide bonds. The Kier molecular flexibility index (Phi) is 3.26. The average molecular weight is 253 g/mol. The molecule has 0 saturated carbocycles. The van der Waals surface area contributed by atoms with Crippen LogP contribution in [-0.4, -0.2) is 13.1 Å². The normalized spacial score (nSPS) is 17.7. The Morgan fingerprint density at radius 2 is 1.74 bits per heavy atom. The Hall–Kier alpha value is -1.80.